The molecular weight excluding hydrogens is 434 g/mol. The van der Waals surface area contributed by atoms with E-state index < -0.39 is 5.97 Å². The monoisotopic (exact) mass is 497 g/mol. The van der Waals surface area contributed by atoms with Crippen molar-refractivity contribution in [1.29, 1.82) is 0 Å². The summed E-state index contributed by atoms with van der Waals surface area (Å²) >= 11 is 0. The van der Waals surface area contributed by atoms with E-state index in [-0.39, 0.29) is 12.5 Å². The van der Waals surface area contributed by atoms with Gasteiger partial charge in [0.2, 0.25) is 0 Å². The number of carbonyl (C=O) groups is 1. The minimum atomic E-state index is -0.929. The predicted molar refractivity (Wildman–Crippen MR) is 149 cm³/mol. The van der Waals surface area contributed by atoms with Crippen molar-refractivity contribution in [2.75, 3.05) is 27.2 Å². The molecule has 35 heavy (non-hydrogen) atoms. The molecule has 0 spiro atoms. The van der Waals surface area contributed by atoms with Crippen molar-refractivity contribution in [2.45, 2.75) is 167 Å². The zero-order valence-corrected chi connectivity index (χ0v) is 24.2. The number of carboxylic acids is 1. The molecule has 1 N–H and O–H groups in total. The van der Waals surface area contributed by atoms with Gasteiger partial charge in [0.25, 0.3) is 0 Å². The van der Waals surface area contributed by atoms with Crippen LogP contribution in [0.2, 0.25) is 0 Å². The van der Waals surface area contributed by atoms with Gasteiger partial charge >= 0.3 is 0 Å². The smallest absolute Gasteiger partial charge is 0.105 e. The van der Waals surface area contributed by atoms with Gasteiger partial charge in [-0.3, -0.25) is 0 Å². The lowest BCUT2D eigenvalue weighted by Gasteiger charge is -2.32. The number of hydrogen-bond donors (Lipinski definition) is 1. The number of aliphatic hydroxyl groups is 1. The second kappa shape index (κ2) is 25.1. The zero-order valence-electron chi connectivity index (χ0n) is 24.2. The highest BCUT2D eigenvalue weighted by Gasteiger charge is 2.19. The Labute approximate surface area is 219 Å². The molecule has 0 amide bonds. The van der Waals surface area contributed by atoms with Gasteiger partial charge in [-0.15, -0.1) is 0 Å². The lowest BCUT2D eigenvalue weighted by molar-refractivity contribution is -0.893. The number of carboxylic acid groups (broad SMARTS) is 1. The number of hydrogen-bond acceptors (Lipinski definition) is 3. The van der Waals surface area contributed by atoms with Gasteiger partial charge in [0.05, 0.1) is 20.6 Å². The molecule has 210 valence electrons. The van der Waals surface area contributed by atoms with Gasteiger partial charge in [0, 0.05) is 5.97 Å². The Morgan fingerprint density at radius 1 is 0.629 bits per heavy atom. The van der Waals surface area contributed by atoms with E-state index in [2.05, 4.69) is 21.0 Å². The molecule has 0 saturated heterocycles. The molecule has 0 bridgehead atoms. The van der Waals surface area contributed by atoms with Crippen molar-refractivity contribution < 1.29 is 19.5 Å². The fraction of sp³-hybridized carbons (Fsp3) is 0.968. The van der Waals surface area contributed by atoms with E-state index in [0.29, 0.717) is 0 Å². The number of rotatable bonds is 28. The van der Waals surface area contributed by atoms with Crippen LogP contribution in [0.15, 0.2) is 0 Å². The van der Waals surface area contributed by atoms with Gasteiger partial charge in [-0.2, -0.15) is 0 Å². The summed E-state index contributed by atoms with van der Waals surface area (Å²) in [6, 6.07) is 0. The minimum absolute atomic E-state index is 0.179. The first-order chi connectivity index (χ1) is 16.9. The van der Waals surface area contributed by atoms with E-state index in [1.54, 1.807) is 0 Å². The Balaban J connectivity index is 3.41. The molecule has 1 unspecified atom stereocenters. The Morgan fingerprint density at radius 3 is 1.43 bits per heavy atom. The molecule has 0 aromatic rings. The molecule has 0 aliphatic heterocycles. The van der Waals surface area contributed by atoms with Crippen LogP contribution in [0.1, 0.15) is 161 Å². The van der Waals surface area contributed by atoms with Gasteiger partial charge in [0.15, 0.2) is 0 Å². The van der Waals surface area contributed by atoms with E-state index in [4.69, 9.17) is 0 Å². The molecule has 0 saturated carbocycles. The molecule has 1 atom stereocenters. The Hall–Kier alpha value is -0.610. The first kappa shape index (κ1) is 34.4. The first-order valence-electron chi connectivity index (χ1n) is 15.6. The van der Waals surface area contributed by atoms with Crippen molar-refractivity contribution in [2.24, 2.45) is 0 Å². The van der Waals surface area contributed by atoms with Crippen LogP contribution in [0.5, 0.6) is 0 Å². The maximum absolute atomic E-state index is 10.5. The van der Waals surface area contributed by atoms with Crippen LogP contribution in [-0.4, -0.2) is 48.8 Å². The summed E-state index contributed by atoms with van der Waals surface area (Å²) in [5.41, 5.74) is 0. The van der Waals surface area contributed by atoms with E-state index in [9.17, 15) is 15.0 Å². The van der Waals surface area contributed by atoms with Crippen LogP contribution in [0, 0.1) is 0 Å². The lowest BCUT2D eigenvalue weighted by atomic mass is 10.0. The summed E-state index contributed by atoms with van der Waals surface area (Å²) in [6.07, 6.45) is 29.5. The fourth-order valence-corrected chi connectivity index (χ4v) is 5.20. The van der Waals surface area contributed by atoms with Crippen LogP contribution in [-0.2, 0) is 4.79 Å². The van der Waals surface area contributed by atoms with Crippen LogP contribution < -0.4 is 5.11 Å². The third-order valence-corrected chi connectivity index (χ3v) is 7.49. The van der Waals surface area contributed by atoms with Crippen molar-refractivity contribution in [3.8, 4) is 0 Å². The number of aliphatic carboxylic acids is 1. The van der Waals surface area contributed by atoms with Crippen LogP contribution in [0.3, 0.4) is 0 Å². The van der Waals surface area contributed by atoms with Crippen molar-refractivity contribution in [1.82, 2.24) is 0 Å². The van der Waals surface area contributed by atoms with E-state index in [1.165, 1.54) is 116 Å². The standard InChI is InChI=1S/C31H63NO3/c1-4-5-6-7-8-9-10-11-12-13-14-15-16-17-20-23-26-30(33)29-32(2,3)28-25-22-19-18-21-24-27-31(34)35/h30,33H,4-29H2,1-3H3. The normalized spacial score (nSPS) is 12.8. The Morgan fingerprint density at radius 2 is 1.00 bits per heavy atom. The number of likely N-dealkylation sites (N-methyl/N-ethyl adjacent to an activating group) is 1. The van der Waals surface area contributed by atoms with Crippen molar-refractivity contribution >= 4 is 5.97 Å². The summed E-state index contributed by atoms with van der Waals surface area (Å²) in [5.74, 6) is -0.929. The highest BCUT2D eigenvalue weighted by Crippen LogP contribution is 2.15. The number of carbonyl (C=O) groups excluding carboxylic acids is 1. The first-order valence-corrected chi connectivity index (χ1v) is 15.6. The van der Waals surface area contributed by atoms with Gasteiger partial charge in [0.1, 0.15) is 12.6 Å². The average molecular weight is 498 g/mol. The molecule has 0 fully saturated rings. The van der Waals surface area contributed by atoms with Gasteiger partial charge in [-0.25, -0.2) is 0 Å². The van der Waals surface area contributed by atoms with Crippen LogP contribution in [0.4, 0.5) is 0 Å². The molecular formula is C31H63NO3. The third kappa shape index (κ3) is 27.8. The highest BCUT2D eigenvalue weighted by molar-refractivity contribution is 5.64. The molecule has 0 aliphatic carbocycles. The average Bonchev–Trinajstić information content (AvgIpc) is 2.80. The number of unbranched alkanes of at least 4 members (excludes halogenated alkanes) is 20. The largest absolute Gasteiger partial charge is 0.550 e. The number of aliphatic hydroxyl groups excluding tert-OH is 1. The topological polar surface area (TPSA) is 60.4 Å². The second-order valence-corrected chi connectivity index (χ2v) is 11.8. The van der Waals surface area contributed by atoms with Gasteiger partial charge < -0.3 is 19.5 Å². The minimum Gasteiger partial charge on any atom is -0.550 e. The second-order valence-electron chi connectivity index (χ2n) is 11.8. The molecule has 0 aromatic heterocycles. The summed E-state index contributed by atoms with van der Waals surface area (Å²) in [6.45, 7) is 4.24. The summed E-state index contributed by atoms with van der Waals surface area (Å²) in [5, 5.41) is 20.9. The fourth-order valence-electron chi connectivity index (χ4n) is 5.20. The van der Waals surface area contributed by atoms with E-state index >= 15 is 0 Å². The Bertz CT molecular complexity index is 453. The molecule has 4 nitrogen and oxygen atoms in total. The molecule has 0 radical (unpaired) electrons. The van der Waals surface area contributed by atoms with Crippen molar-refractivity contribution in [3.63, 3.8) is 0 Å². The third-order valence-electron chi connectivity index (χ3n) is 7.49. The van der Waals surface area contributed by atoms with Crippen LogP contribution in [0.25, 0.3) is 0 Å². The number of quaternary nitrogens is 1. The highest BCUT2D eigenvalue weighted by atomic mass is 16.4. The zero-order chi connectivity index (χ0) is 26.0. The van der Waals surface area contributed by atoms with Crippen molar-refractivity contribution in [3.05, 3.63) is 0 Å². The van der Waals surface area contributed by atoms with Gasteiger partial charge in [-0.1, -0.05) is 129 Å². The Kier molecular flexibility index (Phi) is 24.6. The van der Waals surface area contributed by atoms with Crippen LogP contribution >= 0.6 is 0 Å². The predicted octanol–water partition coefficient (Wildman–Crippen LogP) is 7.56. The summed E-state index contributed by atoms with van der Waals surface area (Å²) in [4.78, 5) is 10.4. The number of nitrogens with zero attached hydrogens (tertiary/aromatic N) is 1. The quantitative estimate of drug-likeness (QED) is 0.0896. The summed E-state index contributed by atoms with van der Waals surface area (Å²) in [7, 11) is 4.47. The molecule has 0 heterocycles. The maximum atomic E-state index is 10.5. The molecule has 0 aliphatic rings. The van der Waals surface area contributed by atoms with Gasteiger partial charge in [-0.05, 0) is 32.1 Å². The van der Waals surface area contributed by atoms with E-state index in [1.807, 2.05) is 0 Å². The van der Waals surface area contributed by atoms with E-state index in [0.717, 1.165) is 49.7 Å². The lowest BCUT2D eigenvalue weighted by Crippen LogP contribution is -2.45. The molecule has 0 aromatic carbocycles. The molecule has 0 rings (SSSR count). The summed E-state index contributed by atoms with van der Waals surface area (Å²) < 4.78 is 0.894. The SMILES string of the molecule is CCCCCCCCCCCCCCCCCCC(O)C[N+](C)(C)CCCCCCCCC(=O)[O-]. The maximum Gasteiger partial charge on any atom is 0.105 e. The molecule has 4 heteroatoms.